The minimum absolute atomic E-state index is 0.0589. The first-order valence-electron chi connectivity index (χ1n) is 8.88. The van der Waals surface area contributed by atoms with Crippen molar-refractivity contribution in [3.8, 4) is 16.3 Å². The highest BCUT2D eigenvalue weighted by atomic mass is 32.1. The van der Waals surface area contributed by atoms with Crippen molar-refractivity contribution in [2.75, 3.05) is 12.4 Å². The topological polar surface area (TPSA) is 64.1 Å². The molecule has 140 valence electrons. The second-order valence-corrected chi connectivity index (χ2v) is 7.38. The Morgan fingerprint density at radius 3 is 2.68 bits per heavy atom. The molecule has 0 aliphatic rings. The first-order valence-corrected chi connectivity index (χ1v) is 9.70. The van der Waals surface area contributed by atoms with E-state index in [2.05, 4.69) is 15.3 Å². The van der Waals surface area contributed by atoms with E-state index in [4.69, 9.17) is 4.74 Å². The van der Waals surface area contributed by atoms with Gasteiger partial charge in [0.25, 0.3) is 0 Å². The number of nitrogens with one attached hydrogen (secondary N) is 1. The van der Waals surface area contributed by atoms with Gasteiger partial charge in [0.1, 0.15) is 21.1 Å². The lowest BCUT2D eigenvalue weighted by Gasteiger charge is -2.11. The molecule has 1 amide bonds. The van der Waals surface area contributed by atoms with Crippen molar-refractivity contribution >= 4 is 33.3 Å². The van der Waals surface area contributed by atoms with Gasteiger partial charge in [-0.2, -0.15) is 0 Å². The number of nitrogens with zero attached hydrogens (tertiary/aromatic N) is 2. The van der Waals surface area contributed by atoms with E-state index in [0.29, 0.717) is 6.42 Å². The van der Waals surface area contributed by atoms with Gasteiger partial charge in [-0.3, -0.25) is 4.79 Å². The van der Waals surface area contributed by atoms with Gasteiger partial charge in [0, 0.05) is 17.4 Å². The fourth-order valence-electron chi connectivity index (χ4n) is 3.01. The molecule has 6 heteroatoms. The Bertz CT molecular complexity index is 1100. The van der Waals surface area contributed by atoms with Crippen molar-refractivity contribution in [3.63, 3.8) is 0 Å². The molecule has 0 radical (unpaired) electrons. The molecule has 0 spiro atoms. The quantitative estimate of drug-likeness (QED) is 0.530. The Morgan fingerprint density at radius 2 is 1.93 bits per heavy atom. The van der Waals surface area contributed by atoms with E-state index in [-0.39, 0.29) is 5.91 Å². The SMILES string of the molecule is COc1ccc(CC(=O)Nc2cccc(-c3nc4cccnc4s3)c2C)cc1. The Kier molecular flexibility index (Phi) is 5.04. The van der Waals surface area contributed by atoms with Gasteiger partial charge >= 0.3 is 0 Å². The summed E-state index contributed by atoms with van der Waals surface area (Å²) in [7, 11) is 1.62. The van der Waals surface area contributed by atoms with Crippen molar-refractivity contribution < 1.29 is 9.53 Å². The van der Waals surface area contributed by atoms with Crippen LogP contribution < -0.4 is 10.1 Å². The summed E-state index contributed by atoms with van der Waals surface area (Å²) in [5, 5.41) is 3.92. The van der Waals surface area contributed by atoms with Crippen molar-refractivity contribution in [2.45, 2.75) is 13.3 Å². The molecular formula is C22H19N3O2S. The summed E-state index contributed by atoms with van der Waals surface area (Å²) >= 11 is 1.55. The molecule has 0 aliphatic heterocycles. The molecule has 5 nitrogen and oxygen atoms in total. The van der Waals surface area contributed by atoms with Crippen LogP contribution in [0.5, 0.6) is 5.75 Å². The highest BCUT2D eigenvalue weighted by Gasteiger charge is 2.13. The van der Waals surface area contributed by atoms with Crippen LogP contribution in [0.3, 0.4) is 0 Å². The third-order valence-electron chi connectivity index (χ3n) is 4.53. The maximum Gasteiger partial charge on any atom is 0.228 e. The minimum atomic E-state index is -0.0589. The summed E-state index contributed by atoms with van der Waals surface area (Å²) in [6.07, 6.45) is 2.08. The summed E-state index contributed by atoms with van der Waals surface area (Å²) in [6.45, 7) is 2.00. The van der Waals surface area contributed by atoms with Crippen LogP contribution in [0, 0.1) is 6.92 Å². The Labute approximate surface area is 167 Å². The molecule has 0 atom stereocenters. The summed E-state index contributed by atoms with van der Waals surface area (Å²) in [5.74, 6) is 0.717. The van der Waals surface area contributed by atoms with Gasteiger partial charge in [-0.25, -0.2) is 9.97 Å². The van der Waals surface area contributed by atoms with Crippen molar-refractivity contribution in [1.82, 2.24) is 9.97 Å². The molecule has 0 saturated carbocycles. The maximum atomic E-state index is 12.5. The van der Waals surface area contributed by atoms with Crippen LogP contribution in [0.1, 0.15) is 11.1 Å². The number of hydrogen-bond acceptors (Lipinski definition) is 5. The molecule has 2 aromatic carbocycles. The number of ether oxygens (including phenoxy) is 1. The third-order valence-corrected chi connectivity index (χ3v) is 5.54. The van der Waals surface area contributed by atoms with Crippen molar-refractivity contribution in [3.05, 3.63) is 71.9 Å². The Hall–Kier alpha value is -3.25. The number of benzene rings is 2. The first-order chi connectivity index (χ1) is 13.6. The second-order valence-electron chi connectivity index (χ2n) is 6.40. The maximum absolute atomic E-state index is 12.5. The van der Waals surface area contributed by atoms with Gasteiger partial charge in [-0.1, -0.05) is 35.6 Å². The van der Waals surface area contributed by atoms with Gasteiger partial charge in [0.15, 0.2) is 0 Å². The Morgan fingerprint density at radius 1 is 1.11 bits per heavy atom. The van der Waals surface area contributed by atoms with Crippen LogP contribution >= 0.6 is 11.3 Å². The number of rotatable bonds is 5. The summed E-state index contributed by atoms with van der Waals surface area (Å²) in [6, 6.07) is 17.2. The number of methoxy groups -OCH3 is 1. The van der Waals surface area contributed by atoms with Gasteiger partial charge in [-0.05, 0) is 48.4 Å². The molecule has 4 rings (SSSR count). The molecule has 28 heavy (non-hydrogen) atoms. The number of thiazole rings is 1. The number of anilines is 1. The third kappa shape index (κ3) is 3.73. The zero-order valence-electron chi connectivity index (χ0n) is 15.6. The molecule has 0 fully saturated rings. The number of aromatic nitrogens is 2. The van der Waals surface area contributed by atoms with Crippen LogP contribution in [0.2, 0.25) is 0 Å². The molecule has 0 bridgehead atoms. The summed E-state index contributed by atoms with van der Waals surface area (Å²) < 4.78 is 5.15. The molecular weight excluding hydrogens is 370 g/mol. The summed E-state index contributed by atoms with van der Waals surface area (Å²) in [4.78, 5) is 22.5. The van der Waals surface area contributed by atoms with E-state index in [1.807, 2.05) is 61.5 Å². The number of carbonyl (C=O) groups is 1. The number of fused-ring (bicyclic) bond motifs is 1. The highest BCUT2D eigenvalue weighted by Crippen LogP contribution is 2.33. The van der Waals surface area contributed by atoms with E-state index in [9.17, 15) is 4.79 Å². The molecule has 0 unspecified atom stereocenters. The average molecular weight is 389 g/mol. The van der Waals surface area contributed by atoms with Gasteiger partial charge in [-0.15, -0.1) is 0 Å². The lowest BCUT2D eigenvalue weighted by atomic mass is 10.1. The van der Waals surface area contributed by atoms with E-state index in [1.165, 1.54) is 0 Å². The van der Waals surface area contributed by atoms with E-state index >= 15 is 0 Å². The predicted octanol–water partition coefficient (Wildman–Crippen LogP) is 4.86. The molecule has 2 aromatic heterocycles. The van der Waals surface area contributed by atoms with Gasteiger partial charge in [0.05, 0.1) is 13.5 Å². The first kappa shape index (κ1) is 18.1. The smallest absolute Gasteiger partial charge is 0.228 e. The normalized spacial score (nSPS) is 10.8. The lowest BCUT2D eigenvalue weighted by molar-refractivity contribution is -0.115. The fourth-order valence-corrected chi connectivity index (χ4v) is 4.00. The van der Waals surface area contributed by atoms with E-state index < -0.39 is 0 Å². The van der Waals surface area contributed by atoms with Crippen molar-refractivity contribution in [1.29, 1.82) is 0 Å². The molecule has 1 N–H and O–H groups in total. The molecule has 0 saturated heterocycles. The standard InChI is InChI=1S/C22H19N3O2S/c1-14-17(21-25-19-7-4-12-23-22(19)28-21)5-3-6-18(14)24-20(26)13-15-8-10-16(27-2)11-9-15/h3-12H,13H2,1-2H3,(H,24,26). The van der Waals surface area contributed by atoms with Crippen LogP contribution in [0.15, 0.2) is 60.8 Å². The number of pyridine rings is 1. The van der Waals surface area contributed by atoms with Gasteiger partial charge < -0.3 is 10.1 Å². The van der Waals surface area contributed by atoms with Gasteiger partial charge in [0.2, 0.25) is 5.91 Å². The predicted molar refractivity (Wildman–Crippen MR) is 113 cm³/mol. The minimum Gasteiger partial charge on any atom is -0.497 e. The van der Waals surface area contributed by atoms with Crippen LogP contribution in [-0.2, 0) is 11.2 Å². The molecule has 2 heterocycles. The zero-order chi connectivity index (χ0) is 19.5. The average Bonchev–Trinajstić information content (AvgIpc) is 3.14. The van der Waals surface area contributed by atoms with Crippen LogP contribution in [0.25, 0.3) is 20.9 Å². The van der Waals surface area contributed by atoms with Crippen LogP contribution in [-0.4, -0.2) is 23.0 Å². The van der Waals surface area contributed by atoms with E-state index in [0.717, 1.165) is 43.5 Å². The lowest BCUT2D eigenvalue weighted by Crippen LogP contribution is -2.15. The summed E-state index contributed by atoms with van der Waals surface area (Å²) in [5.41, 5.74) is 4.61. The number of hydrogen-bond donors (Lipinski definition) is 1. The van der Waals surface area contributed by atoms with Crippen molar-refractivity contribution in [2.24, 2.45) is 0 Å². The fraction of sp³-hybridized carbons (Fsp3) is 0.136. The molecule has 0 aliphatic carbocycles. The van der Waals surface area contributed by atoms with Crippen LogP contribution in [0.4, 0.5) is 5.69 Å². The largest absolute Gasteiger partial charge is 0.497 e. The zero-order valence-corrected chi connectivity index (χ0v) is 16.4. The Balaban J connectivity index is 1.55. The number of carbonyl (C=O) groups excluding carboxylic acids is 1. The molecule has 4 aromatic rings. The second kappa shape index (κ2) is 7.78. The highest BCUT2D eigenvalue weighted by molar-refractivity contribution is 7.21. The number of amides is 1. The monoisotopic (exact) mass is 389 g/mol. The van der Waals surface area contributed by atoms with E-state index in [1.54, 1.807) is 24.6 Å².